The second-order valence-corrected chi connectivity index (χ2v) is 4.95. The SMILES string of the molecule is Cc1ccn(C(C)C(=O)NCCCn2nccc2C)n1. The molecule has 0 aliphatic rings. The van der Waals surface area contributed by atoms with Gasteiger partial charge < -0.3 is 5.32 Å². The summed E-state index contributed by atoms with van der Waals surface area (Å²) in [5.41, 5.74) is 2.05. The van der Waals surface area contributed by atoms with E-state index in [1.165, 1.54) is 0 Å². The van der Waals surface area contributed by atoms with Crippen LogP contribution in [-0.2, 0) is 11.3 Å². The number of aryl methyl sites for hydroxylation is 3. The molecule has 0 aromatic carbocycles. The fourth-order valence-electron chi connectivity index (χ4n) is 1.99. The Kier molecular flexibility index (Phi) is 4.55. The Hall–Kier alpha value is -2.11. The molecule has 2 aromatic rings. The quantitative estimate of drug-likeness (QED) is 0.812. The first-order valence-electron chi connectivity index (χ1n) is 6.86. The lowest BCUT2D eigenvalue weighted by molar-refractivity contribution is -0.124. The van der Waals surface area contributed by atoms with Crippen molar-refractivity contribution in [3.8, 4) is 0 Å². The number of amides is 1. The molecule has 0 aliphatic carbocycles. The smallest absolute Gasteiger partial charge is 0.244 e. The van der Waals surface area contributed by atoms with Crippen LogP contribution in [0.5, 0.6) is 0 Å². The highest BCUT2D eigenvalue weighted by Gasteiger charge is 2.14. The maximum atomic E-state index is 12.0. The van der Waals surface area contributed by atoms with Gasteiger partial charge in [0.05, 0.1) is 5.69 Å². The Bertz CT molecular complexity index is 572. The summed E-state index contributed by atoms with van der Waals surface area (Å²) in [5.74, 6) is -0.00899. The van der Waals surface area contributed by atoms with Crippen molar-refractivity contribution in [2.75, 3.05) is 6.54 Å². The van der Waals surface area contributed by atoms with Crippen LogP contribution >= 0.6 is 0 Å². The molecule has 0 saturated heterocycles. The maximum absolute atomic E-state index is 12.0. The number of hydrogen-bond donors (Lipinski definition) is 1. The van der Waals surface area contributed by atoms with E-state index in [1.54, 1.807) is 10.9 Å². The van der Waals surface area contributed by atoms with Gasteiger partial charge >= 0.3 is 0 Å². The van der Waals surface area contributed by atoms with E-state index in [0.29, 0.717) is 6.54 Å². The first-order chi connectivity index (χ1) is 9.58. The van der Waals surface area contributed by atoms with Crippen LogP contribution in [0.4, 0.5) is 0 Å². The van der Waals surface area contributed by atoms with Crippen LogP contribution in [0.15, 0.2) is 24.5 Å². The van der Waals surface area contributed by atoms with Gasteiger partial charge in [0, 0.05) is 31.2 Å². The average Bonchev–Trinajstić information content (AvgIpc) is 3.03. The molecular weight excluding hydrogens is 254 g/mol. The van der Waals surface area contributed by atoms with E-state index < -0.39 is 0 Å². The normalized spacial score (nSPS) is 12.3. The standard InChI is InChI=1S/C14H21N5O/c1-11-6-10-19(17-11)13(3)14(20)15-7-4-9-18-12(2)5-8-16-18/h5-6,8,10,13H,4,7,9H2,1-3H3,(H,15,20). The van der Waals surface area contributed by atoms with Crippen LogP contribution in [0.25, 0.3) is 0 Å². The summed E-state index contributed by atoms with van der Waals surface area (Å²) in [7, 11) is 0. The van der Waals surface area contributed by atoms with Gasteiger partial charge in [-0.05, 0) is 39.3 Å². The van der Waals surface area contributed by atoms with Gasteiger partial charge in [-0.2, -0.15) is 10.2 Å². The van der Waals surface area contributed by atoms with E-state index in [1.807, 2.05) is 43.8 Å². The molecule has 2 rings (SSSR count). The number of nitrogens with zero attached hydrogens (tertiary/aromatic N) is 4. The Morgan fingerprint density at radius 1 is 1.40 bits per heavy atom. The molecule has 20 heavy (non-hydrogen) atoms. The van der Waals surface area contributed by atoms with Crippen molar-refractivity contribution < 1.29 is 4.79 Å². The number of hydrogen-bond acceptors (Lipinski definition) is 3. The van der Waals surface area contributed by atoms with Crippen molar-refractivity contribution in [3.05, 3.63) is 35.9 Å². The Morgan fingerprint density at radius 3 is 2.80 bits per heavy atom. The van der Waals surface area contributed by atoms with Gasteiger partial charge in [0.1, 0.15) is 6.04 Å². The summed E-state index contributed by atoms with van der Waals surface area (Å²) in [4.78, 5) is 12.0. The molecule has 0 fully saturated rings. The number of carbonyl (C=O) groups is 1. The molecule has 0 saturated carbocycles. The highest BCUT2D eigenvalue weighted by Crippen LogP contribution is 2.05. The number of carbonyl (C=O) groups excluding carboxylic acids is 1. The minimum atomic E-state index is -0.282. The summed E-state index contributed by atoms with van der Waals surface area (Å²) >= 11 is 0. The van der Waals surface area contributed by atoms with Gasteiger partial charge in [-0.3, -0.25) is 14.2 Å². The molecule has 6 nitrogen and oxygen atoms in total. The van der Waals surface area contributed by atoms with Crippen molar-refractivity contribution in [1.29, 1.82) is 0 Å². The minimum absolute atomic E-state index is 0.00899. The predicted molar refractivity (Wildman–Crippen MR) is 76.3 cm³/mol. The maximum Gasteiger partial charge on any atom is 0.244 e. The largest absolute Gasteiger partial charge is 0.354 e. The molecule has 2 heterocycles. The van der Waals surface area contributed by atoms with Crippen molar-refractivity contribution in [2.45, 2.75) is 39.8 Å². The molecule has 1 atom stereocenters. The summed E-state index contributed by atoms with van der Waals surface area (Å²) in [6.07, 6.45) is 4.47. The molecule has 1 amide bonds. The third-order valence-electron chi connectivity index (χ3n) is 3.29. The van der Waals surface area contributed by atoms with E-state index >= 15 is 0 Å². The van der Waals surface area contributed by atoms with Crippen LogP contribution < -0.4 is 5.32 Å². The zero-order valence-electron chi connectivity index (χ0n) is 12.2. The zero-order valence-corrected chi connectivity index (χ0v) is 12.2. The summed E-state index contributed by atoms with van der Waals surface area (Å²) in [6.45, 7) is 7.23. The van der Waals surface area contributed by atoms with Gasteiger partial charge in [-0.15, -0.1) is 0 Å². The van der Waals surface area contributed by atoms with E-state index in [0.717, 1.165) is 24.4 Å². The fourth-order valence-corrected chi connectivity index (χ4v) is 1.99. The van der Waals surface area contributed by atoms with Gasteiger partial charge in [0.15, 0.2) is 0 Å². The molecule has 6 heteroatoms. The Morgan fingerprint density at radius 2 is 2.20 bits per heavy atom. The van der Waals surface area contributed by atoms with Crippen molar-refractivity contribution in [2.24, 2.45) is 0 Å². The first-order valence-corrected chi connectivity index (χ1v) is 6.86. The summed E-state index contributed by atoms with van der Waals surface area (Å²) in [5, 5.41) is 11.4. The van der Waals surface area contributed by atoms with Gasteiger partial charge in [0.25, 0.3) is 0 Å². The lowest BCUT2D eigenvalue weighted by Crippen LogP contribution is -2.32. The summed E-state index contributed by atoms with van der Waals surface area (Å²) in [6, 6.07) is 3.58. The van der Waals surface area contributed by atoms with Crippen LogP contribution in [0.2, 0.25) is 0 Å². The van der Waals surface area contributed by atoms with Crippen LogP contribution in [0, 0.1) is 13.8 Å². The second-order valence-electron chi connectivity index (χ2n) is 4.95. The average molecular weight is 275 g/mol. The van der Waals surface area contributed by atoms with Crippen LogP contribution in [0.3, 0.4) is 0 Å². The topological polar surface area (TPSA) is 64.7 Å². The third-order valence-corrected chi connectivity index (χ3v) is 3.29. The highest BCUT2D eigenvalue weighted by atomic mass is 16.2. The van der Waals surface area contributed by atoms with Crippen molar-refractivity contribution >= 4 is 5.91 Å². The third kappa shape index (κ3) is 3.46. The molecule has 0 radical (unpaired) electrons. The van der Waals surface area contributed by atoms with Gasteiger partial charge in [-0.25, -0.2) is 0 Å². The molecular formula is C14H21N5O. The number of rotatable bonds is 6. The van der Waals surface area contributed by atoms with Crippen LogP contribution in [0.1, 0.15) is 30.8 Å². The fraction of sp³-hybridized carbons (Fsp3) is 0.500. The van der Waals surface area contributed by atoms with Crippen molar-refractivity contribution in [3.63, 3.8) is 0 Å². The van der Waals surface area contributed by atoms with E-state index in [9.17, 15) is 4.79 Å². The first kappa shape index (κ1) is 14.3. The second kappa shape index (κ2) is 6.36. The van der Waals surface area contributed by atoms with E-state index in [4.69, 9.17) is 0 Å². The van der Waals surface area contributed by atoms with E-state index in [-0.39, 0.29) is 11.9 Å². The predicted octanol–water partition coefficient (Wildman–Crippen LogP) is 1.46. The zero-order chi connectivity index (χ0) is 14.5. The molecule has 0 bridgehead atoms. The molecule has 0 spiro atoms. The van der Waals surface area contributed by atoms with Gasteiger partial charge in [-0.1, -0.05) is 0 Å². The van der Waals surface area contributed by atoms with Crippen LogP contribution in [-0.4, -0.2) is 32.0 Å². The lowest BCUT2D eigenvalue weighted by atomic mass is 10.3. The monoisotopic (exact) mass is 275 g/mol. The molecule has 2 aromatic heterocycles. The Labute approximate surface area is 118 Å². The molecule has 108 valence electrons. The van der Waals surface area contributed by atoms with Crippen molar-refractivity contribution in [1.82, 2.24) is 24.9 Å². The number of nitrogens with one attached hydrogen (secondary N) is 1. The molecule has 1 N–H and O–H groups in total. The number of aromatic nitrogens is 4. The summed E-state index contributed by atoms with van der Waals surface area (Å²) < 4.78 is 3.62. The lowest BCUT2D eigenvalue weighted by Gasteiger charge is -2.13. The minimum Gasteiger partial charge on any atom is -0.354 e. The van der Waals surface area contributed by atoms with Gasteiger partial charge in [0.2, 0.25) is 5.91 Å². The molecule has 1 unspecified atom stereocenters. The Balaban J connectivity index is 1.74. The molecule has 0 aliphatic heterocycles. The van der Waals surface area contributed by atoms with E-state index in [2.05, 4.69) is 15.5 Å². The highest BCUT2D eigenvalue weighted by molar-refractivity contribution is 5.79.